The van der Waals surface area contributed by atoms with Crippen molar-refractivity contribution in [2.24, 2.45) is 0 Å². The Labute approximate surface area is 182 Å². The van der Waals surface area contributed by atoms with Gasteiger partial charge in [0.25, 0.3) is 5.91 Å². The quantitative estimate of drug-likeness (QED) is 0.335. The Morgan fingerprint density at radius 1 is 1.13 bits per heavy atom. The van der Waals surface area contributed by atoms with Gasteiger partial charge in [-0.2, -0.15) is 0 Å². The molecule has 1 amide bonds. The molecule has 7 heteroatoms. The zero-order valence-corrected chi connectivity index (χ0v) is 18.2. The maximum atomic E-state index is 13.6. The van der Waals surface area contributed by atoms with Gasteiger partial charge in [-0.25, -0.2) is 4.98 Å². The van der Waals surface area contributed by atoms with Gasteiger partial charge < -0.3 is 13.6 Å². The number of hydrogen-bond acceptors (Lipinski definition) is 6. The standard InChI is InChI=1S/C24H20N2O4S/c1-14-9-10-15(2)22-20(14)25-24(31-22)26(13-17-7-5-11-29-17)23(27)19-12-16-6-4-8-18(28-3)21(16)30-19/h4-12H,13H2,1-3H3. The minimum absolute atomic E-state index is 0.221. The number of para-hydroxylation sites is 1. The molecule has 0 aliphatic rings. The van der Waals surface area contributed by atoms with Crippen LogP contribution in [0.25, 0.3) is 21.2 Å². The molecule has 0 saturated heterocycles. The van der Waals surface area contributed by atoms with Gasteiger partial charge in [-0.05, 0) is 49.2 Å². The summed E-state index contributed by atoms with van der Waals surface area (Å²) in [5.41, 5.74) is 3.65. The van der Waals surface area contributed by atoms with Crippen LogP contribution in [0.4, 0.5) is 5.13 Å². The molecular weight excluding hydrogens is 412 g/mol. The first-order valence-corrected chi connectivity index (χ1v) is 10.6. The molecule has 0 saturated carbocycles. The topological polar surface area (TPSA) is 68.7 Å². The Bertz CT molecular complexity index is 1360. The van der Waals surface area contributed by atoms with Crippen molar-refractivity contribution < 1.29 is 18.4 Å². The highest BCUT2D eigenvalue weighted by Crippen LogP contribution is 2.35. The fraction of sp³-hybridized carbons (Fsp3) is 0.167. The predicted octanol–water partition coefficient (Wildman–Crippen LogP) is 6.11. The Hall–Kier alpha value is -3.58. The van der Waals surface area contributed by atoms with Gasteiger partial charge in [0, 0.05) is 5.39 Å². The Morgan fingerprint density at radius 3 is 2.71 bits per heavy atom. The van der Waals surface area contributed by atoms with Crippen LogP contribution in [0.3, 0.4) is 0 Å². The normalized spacial score (nSPS) is 11.3. The third-order valence-electron chi connectivity index (χ3n) is 5.24. The van der Waals surface area contributed by atoms with E-state index in [-0.39, 0.29) is 18.2 Å². The molecule has 6 nitrogen and oxygen atoms in total. The van der Waals surface area contributed by atoms with Crippen molar-refractivity contribution in [3.8, 4) is 5.75 Å². The second-order valence-corrected chi connectivity index (χ2v) is 8.31. The SMILES string of the molecule is COc1cccc2cc(C(=O)N(Cc3ccco3)c3nc4c(C)ccc(C)c4s3)oc12. The lowest BCUT2D eigenvalue weighted by atomic mass is 10.1. The van der Waals surface area contributed by atoms with E-state index >= 15 is 0 Å². The monoisotopic (exact) mass is 432 g/mol. The van der Waals surface area contributed by atoms with E-state index in [4.69, 9.17) is 18.6 Å². The number of hydrogen-bond donors (Lipinski definition) is 0. The molecule has 0 aliphatic heterocycles. The van der Waals surface area contributed by atoms with Gasteiger partial charge in [-0.1, -0.05) is 35.6 Å². The minimum atomic E-state index is -0.288. The number of furan rings is 2. The number of rotatable bonds is 5. The van der Waals surface area contributed by atoms with E-state index in [9.17, 15) is 4.79 Å². The molecule has 3 heterocycles. The molecule has 0 N–H and O–H groups in total. The second-order valence-electron chi connectivity index (χ2n) is 7.33. The molecule has 0 radical (unpaired) electrons. The first-order valence-electron chi connectivity index (χ1n) is 9.82. The van der Waals surface area contributed by atoms with Crippen LogP contribution in [0.15, 0.2) is 63.6 Å². The maximum Gasteiger partial charge on any atom is 0.296 e. The number of nitrogens with zero attached hydrogens (tertiary/aromatic N) is 2. The van der Waals surface area contributed by atoms with Gasteiger partial charge in [0.2, 0.25) is 0 Å². The minimum Gasteiger partial charge on any atom is -0.493 e. The van der Waals surface area contributed by atoms with Gasteiger partial charge in [-0.15, -0.1) is 0 Å². The van der Waals surface area contributed by atoms with Crippen molar-refractivity contribution in [3.63, 3.8) is 0 Å². The molecule has 5 aromatic rings. The zero-order valence-electron chi connectivity index (χ0n) is 17.3. The van der Waals surface area contributed by atoms with Crippen LogP contribution in [0, 0.1) is 13.8 Å². The fourth-order valence-corrected chi connectivity index (χ4v) is 4.69. The molecule has 2 aromatic carbocycles. The van der Waals surface area contributed by atoms with Crippen molar-refractivity contribution in [1.29, 1.82) is 0 Å². The van der Waals surface area contributed by atoms with Crippen molar-refractivity contribution >= 4 is 43.6 Å². The van der Waals surface area contributed by atoms with Crippen molar-refractivity contribution in [2.45, 2.75) is 20.4 Å². The molecular formula is C24H20N2O4S. The Kier molecular flexibility index (Phi) is 4.75. The first-order chi connectivity index (χ1) is 15.0. The summed E-state index contributed by atoms with van der Waals surface area (Å²) in [7, 11) is 1.58. The lowest BCUT2D eigenvalue weighted by Crippen LogP contribution is -2.29. The summed E-state index contributed by atoms with van der Waals surface area (Å²) in [4.78, 5) is 20.0. The van der Waals surface area contributed by atoms with E-state index < -0.39 is 0 Å². The van der Waals surface area contributed by atoms with Crippen LogP contribution >= 0.6 is 11.3 Å². The molecule has 156 valence electrons. The molecule has 0 atom stereocenters. The summed E-state index contributed by atoms with van der Waals surface area (Å²) in [5, 5.41) is 1.40. The lowest BCUT2D eigenvalue weighted by molar-refractivity contribution is 0.0958. The summed E-state index contributed by atoms with van der Waals surface area (Å²) in [6.07, 6.45) is 1.59. The number of methoxy groups -OCH3 is 1. The Balaban J connectivity index is 1.62. The number of carbonyl (C=O) groups is 1. The van der Waals surface area contributed by atoms with Crippen molar-refractivity contribution in [1.82, 2.24) is 4.98 Å². The van der Waals surface area contributed by atoms with Gasteiger partial charge in [0.15, 0.2) is 22.2 Å². The zero-order chi connectivity index (χ0) is 21.5. The summed E-state index contributed by atoms with van der Waals surface area (Å²) in [6.45, 7) is 4.32. The number of amides is 1. The van der Waals surface area contributed by atoms with Crippen LogP contribution in [0.2, 0.25) is 0 Å². The summed E-state index contributed by atoms with van der Waals surface area (Å²) in [5.74, 6) is 1.18. The molecule has 5 rings (SSSR count). The predicted molar refractivity (Wildman–Crippen MR) is 121 cm³/mol. The highest BCUT2D eigenvalue weighted by molar-refractivity contribution is 7.22. The number of anilines is 1. The number of ether oxygens (including phenoxy) is 1. The summed E-state index contributed by atoms with van der Waals surface area (Å²) >= 11 is 1.49. The van der Waals surface area contributed by atoms with Crippen molar-refractivity contribution in [2.75, 3.05) is 12.0 Å². The highest BCUT2D eigenvalue weighted by atomic mass is 32.1. The van der Waals surface area contributed by atoms with E-state index in [0.29, 0.717) is 22.2 Å². The van der Waals surface area contributed by atoms with Gasteiger partial charge in [0.1, 0.15) is 5.76 Å². The average Bonchev–Trinajstić information content (AvgIpc) is 3.52. The van der Waals surface area contributed by atoms with Crippen molar-refractivity contribution in [3.05, 3.63) is 77.4 Å². The maximum absolute atomic E-state index is 13.6. The van der Waals surface area contributed by atoms with Crippen LogP contribution < -0.4 is 9.64 Å². The molecule has 31 heavy (non-hydrogen) atoms. The lowest BCUT2D eigenvalue weighted by Gasteiger charge is -2.17. The van der Waals surface area contributed by atoms with E-state index in [1.807, 2.05) is 38.1 Å². The van der Waals surface area contributed by atoms with Crippen LogP contribution in [0.5, 0.6) is 5.75 Å². The number of carbonyl (C=O) groups excluding carboxylic acids is 1. The third-order valence-corrected chi connectivity index (χ3v) is 6.45. The van der Waals surface area contributed by atoms with E-state index in [2.05, 4.69) is 6.07 Å². The third kappa shape index (κ3) is 3.37. The molecule has 0 bridgehead atoms. The molecule has 0 spiro atoms. The summed E-state index contributed by atoms with van der Waals surface area (Å²) < 4.78 is 17.9. The van der Waals surface area contributed by atoms with E-state index in [0.717, 1.165) is 26.7 Å². The summed E-state index contributed by atoms with van der Waals surface area (Å²) in [6, 6.07) is 15.1. The number of thiazole rings is 1. The van der Waals surface area contributed by atoms with Crippen LogP contribution in [-0.2, 0) is 6.54 Å². The second kappa shape index (κ2) is 7.59. The van der Waals surface area contributed by atoms with Gasteiger partial charge in [0.05, 0.1) is 30.1 Å². The largest absolute Gasteiger partial charge is 0.493 e. The number of aryl methyl sites for hydroxylation is 2. The molecule has 3 aromatic heterocycles. The first kappa shape index (κ1) is 19.4. The number of aromatic nitrogens is 1. The number of benzene rings is 2. The van der Waals surface area contributed by atoms with E-state index in [1.165, 1.54) is 11.3 Å². The molecule has 0 unspecified atom stereocenters. The molecule has 0 aliphatic carbocycles. The number of fused-ring (bicyclic) bond motifs is 2. The van der Waals surface area contributed by atoms with Crippen LogP contribution in [-0.4, -0.2) is 18.0 Å². The highest BCUT2D eigenvalue weighted by Gasteiger charge is 2.26. The Morgan fingerprint density at radius 2 is 1.97 bits per heavy atom. The average molecular weight is 433 g/mol. The van der Waals surface area contributed by atoms with Gasteiger partial charge in [-0.3, -0.25) is 9.69 Å². The smallest absolute Gasteiger partial charge is 0.296 e. The van der Waals surface area contributed by atoms with E-state index in [1.54, 1.807) is 36.5 Å². The molecule has 0 fully saturated rings. The van der Waals surface area contributed by atoms with Gasteiger partial charge >= 0.3 is 0 Å². The van der Waals surface area contributed by atoms with Crippen LogP contribution in [0.1, 0.15) is 27.4 Å². The fourth-order valence-electron chi connectivity index (χ4n) is 3.58.